The second-order valence-corrected chi connectivity index (χ2v) is 2.04. The summed E-state index contributed by atoms with van der Waals surface area (Å²) >= 11 is 0. The maximum absolute atomic E-state index is 11.9. The molecule has 0 amide bonds. The minimum absolute atomic E-state index is 0.0294. The Morgan fingerprint density at radius 2 is 2.40 bits per heavy atom. The molecule has 5 heteroatoms. The van der Waals surface area contributed by atoms with E-state index in [9.17, 15) is 8.78 Å². The molecule has 0 unspecified atom stereocenters. The van der Waals surface area contributed by atoms with Gasteiger partial charge in [0.2, 0.25) is 0 Å². The first-order chi connectivity index (χ1) is 4.70. The average Bonchev–Trinajstić information content (AvgIpc) is 1.88. The molecule has 0 aromatic heterocycles. The second kappa shape index (κ2) is 2.92. The van der Waals surface area contributed by atoms with E-state index in [4.69, 9.17) is 10.5 Å². The number of aliphatic imine (C=N–C) groups is 1. The van der Waals surface area contributed by atoms with Crippen LogP contribution in [-0.4, -0.2) is 31.5 Å². The maximum atomic E-state index is 11.9. The topological polar surface area (TPSA) is 47.6 Å². The van der Waals surface area contributed by atoms with Crippen molar-refractivity contribution >= 4 is 5.84 Å². The first kappa shape index (κ1) is 7.40. The van der Waals surface area contributed by atoms with Gasteiger partial charge >= 0.3 is 0 Å². The van der Waals surface area contributed by atoms with Gasteiger partial charge in [0.15, 0.2) is 0 Å². The fourth-order valence-corrected chi connectivity index (χ4v) is 0.701. The molecule has 1 aliphatic heterocycles. The molecule has 1 atom stereocenters. The Morgan fingerprint density at radius 3 is 2.80 bits per heavy atom. The van der Waals surface area contributed by atoms with E-state index in [1.54, 1.807) is 0 Å². The summed E-state index contributed by atoms with van der Waals surface area (Å²) in [5, 5.41) is 0. The van der Waals surface area contributed by atoms with Gasteiger partial charge in [-0.2, -0.15) is 0 Å². The fraction of sp³-hybridized carbons (Fsp3) is 0.800. The van der Waals surface area contributed by atoms with Crippen LogP contribution in [0.15, 0.2) is 4.99 Å². The first-order valence-electron chi connectivity index (χ1n) is 2.88. The van der Waals surface area contributed by atoms with Crippen LogP contribution in [0.3, 0.4) is 0 Å². The van der Waals surface area contributed by atoms with Crippen LogP contribution in [0.4, 0.5) is 8.78 Å². The lowest BCUT2D eigenvalue weighted by molar-refractivity contribution is 0.0505. The van der Waals surface area contributed by atoms with Crippen LogP contribution in [0.25, 0.3) is 0 Å². The highest BCUT2D eigenvalue weighted by Crippen LogP contribution is 2.08. The number of hydrogen-bond donors (Lipinski definition) is 1. The summed E-state index contributed by atoms with van der Waals surface area (Å²) in [4.78, 5) is 3.50. The number of ether oxygens (including phenoxy) is 1. The summed E-state index contributed by atoms with van der Waals surface area (Å²) in [5.41, 5.74) is 5.15. The molecule has 1 rings (SSSR count). The van der Waals surface area contributed by atoms with Gasteiger partial charge in [0, 0.05) is 0 Å². The highest BCUT2D eigenvalue weighted by molar-refractivity contribution is 5.82. The van der Waals surface area contributed by atoms with Crippen LogP contribution < -0.4 is 5.73 Å². The minimum atomic E-state index is -2.47. The van der Waals surface area contributed by atoms with Crippen LogP contribution in [0.2, 0.25) is 0 Å². The number of hydrogen-bond acceptors (Lipinski definition) is 3. The Hall–Kier alpha value is -0.710. The van der Waals surface area contributed by atoms with Gasteiger partial charge in [0.25, 0.3) is 6.43 Å². The molecule has 1 aliphatic rings. The van der Waals surface area contributed by atoms with Crippen LogP contribution in [0.1, 0.15) is 0 Å². The summed E-state index contributed by atoms with van der Waals surface area (Å²) in [7, 11) is 0. The van der Waals surface area contributed by atoms with Crippen molar-refractivity contribution in [1.29, 1.82) is 0 Å². The molecule has 10 heavy (non-hydrogen) atoms. The van der Waals surface area contributed by atoms with Crippen molar-refractivity contribution in [2.45, 2.75) is 12.5 Å². The summed E-state index contributed by atoms with van der Waals surface area (Å²) in [5.74, 6) is 0.150. The third-order valence-corrected chi connectivity index (χ3v) is 1.16. The van der Waals surface area contributed by atoms with Crippen molar-refractivity contribution in [3.05, 3.63) is 0 Å². The smallest absolute Gasteiger partial charge is 0.262 e. The van der Waals surface area contributed by atoms with E-state index in [0.29, 0.717) is 0 Å². The van der Waals surface area contributed by atoms with Gasteiger partial charge in [-0.15, -0.1) is 0 Å². The molecule has 2 N–H and O–H groups in total. The molecule has 1 heterocycles. The molecule has 0 fully saturated rings. The molecule has 0 saturated carbocycles. The zero-order valence-electron chi connectivity index (χ0n) is 5.26. The van der Waals surface area contributed by atoms with E-state index in [1.165, 1.54) is 0 Å². The summed E-state index contributed by atoms with van der Waals surface area (Å²) in [6, 6.07) is -1.06. The van der Waals surface area contributed by atoms with Crippen molar-refractivity contribution < 1.29 is 13.5 Å². The molecule has 0 spiro atoms. The Kier molecular flexibility index (Phi) is 2.16. The zero-order valence-corrected chi connectivity index (χ0v) is 5.26. The predicted octanol–water partition coefficient (Wildman–Crippen LogP) is 0.00750. The molecule has 0 bridgehead atoms. The number of nitrogens with two attached hydrogens (primary N) is 1. The van der Waals surface area contributed by atoms with Crippen LogP contribution in [0, 0.1) is 0 Å². The fourth-order valence-electron chi connectivity index (χ4n) is 0.701. The molecule has 0 saturated heterocycles. The molecule has 0 aromatic carbocycles. The highest BCUT2D eigenvalue weighted by atomic mass is 19.3. The monoisotopic (exact) mass is 150 g/mol. The van der Waals surface area contributed by atoms with Crippen molar-refractivity contribution in [1.82, 2.24) is 0 Å². The van der Waals surface area contributed by atoms with E-state index in [0.717, 1.165) is 0 Å². The number of rotatable bonds is 1. The van der Waals surface area contributed by atoms with E-state index in [-0.39, 0.29) is 19.0 Å². The molecule has 0 aromatic rings. The number of nitrogens with zero attached hydrogens (tertiary/aromatic N) is 1. The molecular weight excluding hydrogens is 142 g/mol. The lowest BCUT2D eigenvalue weighted by Crippen LogP contribution is -2.34. The third-order valence-electron chi connectivity index (χ3n) is 1.16. The molecule has 0 aliphatic carbocycles. The van der Waals surface area contributed by atoms with E-state index < -0.39 is 12.5 Å². The first-order valence-corrected chi connectivity index (χ1v) is 2.88. The molecule has 3 nitrogen and oxygen atoms in total. The summed E-state index contributed by atoms with van der Waals surface area (Å²) in [6.45, 7) is 0.140. The van der Waals surface area contributed by atoms with Crippen LogP contribution in [-0.2, 0) is 4.74 Å². The lowest BCUT2D eigenvalue weighted by Gasteiger charge is -2.17. The van der Waals surface area contributed by atoms with Gasteiger partial charge in [-0.1, -0.05) is 0 Å². The normalized spacial score (nSPS) is 26.7. The van der Waals surface area contributed by atoms with Gasteiger partial charge in [-0.3, -0.25) is 4.99 Å². The standard InChI is InChI=1S/C5H8F2N2O/c6-5(7)3-1-10-2-4(8)9-3/h3,5H,1-2H2,(H2,8,9)/t3-/m1/s1. The maximum Gasteiger partial charge on any atom is 0.262 e. The Morgan fingerprint density at radius 1 is 1.70 bits per heavy atom. The number of halogens is 2. The van der Waals surface area contributed by atoms with E-state index in [1.807, 2.05) is 0 Å². The van der Waals surface area contributed by atoms with Gasteiger partial charge in [0.05, 0.1) is 6.61 Å². The minimum Gasteiger partial charge on any atom is -0.386 e. The second-order valence-electron chi connectivity index (χ2n) is 2.04. The van der Waals surface area contributed by atoms with E-state index >= 15 is 0 Å². The Labute approximate surface area is 56.9 Å². The van der Waals surface area contributed by atoms with Crippen molar-refractivity contribution in [3.8, 4) is 0 Å². The Bertz CT molecular complexity index is 149. The number of amidine groups is 1. The lowest BCUT2D eigenvalue weighted by atomic mass is 10.3. The van der Waals surface area contributed by atoms with Crippen molar-refractivity contribution in [3.63, 3.8) is 0 Å². The summed E-state index contributed by atoms with van der Waals surface area (Å²) < 4.78 is 28.4. The van der Waals surface area contributed by atoms with Crippen molar-refractivity contribution in [2.75, 3.05) is 13.2 Å². The largest absolute Gasteiger partial charge is 0.386 e. The van der Waals surface area contributed by atoms with Gasteiger partial charge < -0.3 is 10.5 Å². The predicted molar refractivity (Wildman–Crippen MR) is 32.2 cm³/mol. The van der Waals surface area contributed by atoms with Crippen LogP contribution in [0.5, 0.6) is 0 Å². The zero-order chi connectivity index (χ0) is 7.56. The Balaban J connectivity index is 2.53. The van der Waals surface area contributed by atoms with Gasteiger partial charge in [-0.05, 0) is 0 Å². The van der Waals surface area contributed by atoms with Gasteiger partial charge in [0.1, 0.15) is 18.5 Å². The van der Waals surface area contributed by atoms with Crippen molar-refractivity contribution in [2.24, 2.45) is 10.7 Å². The molecule has 58 valence electrons. The third kappa shape index (κ3) is 1.63. The SMILES string of the molecule is NC1=N[C@@H](C(F)F)COC1. The summed E-state index contributed by atoms with van der Waals surface area (Å²) in [6.07, 6.45) is -2.47. The quantitative estimate of drug-likeness (QED) is 0.572. The van der Waals surface area contributed by atoms with E-state index in [2.05, 4.69) is 4.99 Å². The average molecular weight is 150 g/mol. The van der Waals surface area contributed by atoms with Gasteiger partial charge in [-0.25, -0.2) is 8.78 Å². The molecule has 0 radical (unpaired) electrons. The van der Waals surface area contributed by atoms with Crippen LogP contribution >= 0.6 is 0 Å². The molecular formula is C5H8F2N2O. The highest BCUT2D eigenvalue weighted by Gasteiger charge is 2.22. The number of alkyl halides is 2.